The van der Waals surface area contributed by atoms with Crippen LogP contribution >= 0.6 is 0 Å². The molecule has 23 heavy (non-hydrogen) atoms. The van der Waals surface area contributed by atoms with Crippen LogP contribution in [-0.4, -0.2) is 42.8 Å². The predicted octanol–water partition coefficient (Wildman–Crippen LogP) is 2.80. The molecule has 0 radical (unpaired) electrons. The summed E-state index contributed by atoms with van der Waals surface area (Å²) in [6, 6.07) is 1.15. The third-order valence-electron chi connectivity index (χ3n) is 4.76. The van der Waals surface area contributed by atoms with Crippen LogP contribution in [0.3, 0.4) is 0 Å². The quantitative estimate of drug-likeness (QED) is 0.591. The first kappa shape index (κ1) is 18.7. The van der Waals surface area contributed by atoms with Crippen molar-refractivity contribution in [1.29, 1.82) is 0 Å². The van der Waals surface area contributed by atoms with Gasteiger partial charge < -0.3 is 14.0 Å². The topological polar surface area (TPSA) is 45.5 Å². The molecule has 7 heteroatoms. The van der Waals surface area contributed by atoms with Crippen molar-refractivity contribution in [3.05, 3.63) is 11.8 Å². The van der Waals surface area contributed by atoms with E-state index in [0.717, 1.165) is 23.8 Å². The maximum absolute atomic E-state index is 6.16. The number of hydrogen-bond acceptors (Lipinski definition) is 4. The van der Waals surface area contributed by atoms with Crippen LogP contribution in [0.4, 0.5) is 0 Å². The van der Waals surface area contributed by atoms with E-state index in [2.05, 4.69) is 52.4 Å². The Kier molecular flexibility index (Phi) is 5.17. The Morgan fingerprint density at radius 2 is 1.74 bits per heavy atom. The highest BCUT2D eigenvalue weighted by atomic mass is 28.3. The molecule has 1 aliphatic heterocycles. The summed E-state index contributed by atoms with van der Waals surface area (Å²) < 4.78 is 20.0. The zero-order valence-corrected chi connectivity index (χ0v) is 16.9. The van der Waals surface area contributed by atoms with Crippen LogP contribution in [0.25, 0.3) is 0 Å². The Balaban J connectivity index is 2.05. The summed E-state index contributed by atoms with van der Waals surface area (Å²) in [5.41, 5.74) is 1.32. The van der Waals surface area contributed by atoms with E-state index in [9.17, 15) is 0 Å². The van der Waals surface area contributed by atoms with Gasteiger partial charge in [0.2, 0.25) is 0 Å². The molecule has 0 bridgehead atoms. The summed E-state index contributed by atoms with van der Waals surface area (Å²) in [4.78, 5) is 0. The van der Waals surface area contributed by atoms with E-state index in [0.29, 0.717) is 6.73 Å². The Morgan fingerprint density at radius 3 is 2.26 bits per heavy atom. The molecule has 0 atom stereocenters. The Labute approximate surface area is 141 Å². The monoisotopic (exact) mass is 338 g/mol. The lowest BCUT2D eigenvalue weighted by Gasteiger charge is -2.32. The van der Waals surface area contributed by atoms with Gasteiger partial charge in [0.15, 0.2) is 0 Å². The molecule has 0 saturated carbocycles. The standard InChI is InChI=1S/C16H31BN2O3Si/c1-13-11-18-19(12-20-9-10-23(6,7)8)14(13)17-21-15(2,3)16(4,5)22-17/h11H,9-10,12H2,1-8H3. The van der Waals surface area contributed by atoms with Gasteiger partial charge in [0, 0.05) is 14.7 Å². The summed E-state index contributed by atoms with van der Waals surface area (Å²) in [6.45, 7) is 18.6. The van der Waals surface area contributed by atoms with E-state index >= 15 is 0 Å². The zero-order valence-electron chi connectivity index (χ0n) is 15.9. The van der Waals surface area contributed by atoms with E-state index in [4.69, 9.17) is 14.0 Å². The molecule has 1 aliphatic rings. The molecule has 2 rings (SSSR count). The van der Waals surface area contributed by atoms with Gasteiger partial charge in [-0.05, 0) is 46.2 Å². The van der Waals surface area contributed by atoms with Crippen LogP contribution in [0.2, 0.25) is 25.7 Å². The van der Waals surface area contributed by atoms with Crippen LogP contribution < -0.4 is 5.59 Å². The lowest BCUT2D eigenvalue weighted by Crippen LogP contribution is -2.41. The number of hydrogen-bond donors (Lipinski definition) is 0. The van der Waals surface area contributed by atoms with Crippen molar-refractivity contribution in [1.82, 2.24) is 9.78 Å². The Bertz CT molecular complexity index is 536. The van der Waals surface area contributed by atoms with Crippen molar-refractivity contribution < 1.29 is 14.0 Å². The van der Waals surface area contributed by atoms with Gasteiger partial charge in [0.05, 0.1) is 23.0 Å². The van der Waals surface area contributed by atoms with Crippen molar-refractivity contribution in [2.75, 3.05) is 6.61 Å². The molecule has 0 N–H and O–H groups in total. The van der Waals surface area contributed by atoms with Gasteiger partial charge in [0.1, 0.15) is 6.73 Å². The molecule has 2 heterocycles. The molecule has 0 aromatic carbocycles. The average molecular weight is 338 g/mol. The van der Waals surface area contributed by atoms with Gasteiger partial charge in [0.25, 0.3) is 0 Å². The fourth-order valence-corrected chi connectivity index (χ4v) is 3.14. The Morgan fingerprint density at radius 1 is 1.17 bits per heavy atom. The minimum absolute atomic E-state index is 0.349. The highest BCUT2D eigenvalue weighted by molar-refractivity contribution is 6.76. The normalized spacial score (nSPS) is 20.3. The van der Waals surface area contributed by atoms with Gasteiger partial charge in [-0.1, -0.05) is 19.6 Å². The van der Waals surface area contributed by atoms with Gasteiger partial charge in [-0.3, -0.25) is 0 Å². The summed E-state index contributed by atoms with van der Waals surface area (Å²) in [5.74, 6) is 0. The van der Waals surface area contributed by atoms with E-state index < -0.39 is 15.2 Å². The third kappa shape index (κ3) is 4.26. The SMILES string of the molecule is Cc1cnn(COCC[Si](C)(C)C)c1B1OC(C)(C)C(C)(C)O1. The van der Waals surface area contributed by atoms with Crippen molar-refractivity contribution in [3.63, 3.8) is 0 Å². The molecular formula is C16H31BN2O3Si. The van der Waals surface area contributed by atoms with Gasteiger partial charge >= 0.3 is 7.12 Å². The minimum atomic E-state index is -1.07. The molecule has 0 unspecified atom stereocenters. The number of aryl methyl sites for hydroxylation is 1. The second-order valence-electron chi connectivity index (χ2n) is 8.65. The van der Waals surface area contributed by atoms with Crippen LogP contribution in [0.5, 0.6) is 0 Å². The van der Waals surface area contributed by atoms with Crippen LogP contribution in [0.1, 0.15) is 33.3 Å². The van der Waals surface area contributed by atoms with E-state index in [-0.39, 0.29) is 11.2 Å². The maximum Gasteiger partial charge on any atom is 0.514 e. The molecule has 1 aromatic heterocycles. The number of ether oxygens (including phenoxy) is 1. The molecule has 1 saturated heterocycles. The molecule has 0 spiro atoms. The highest BCUT2D eigenvalue weighted by Crippen LogP contribution is 2.36. The van der Waals surface area contributed by atoms with E-state index in [1.807, 2.05) is 17.8 Å². The molecular weight excluding hydrogens is 307 g/mol. The smallest absolute Gasteiger partial charge is 0.398 e. The van der Waals surface area contributed by atoms with Gasteiger partial charge in [-0.25, -0.2) is 4.68 Å². The van der Waals surface area contributed by atoms with Gasteiger partial charge in [-0.15, -0.1) is 0 Å². The molecule has 1 aromatic rings. The first-order valence-corrected chi connectivity index (χ1v) is 12.1. The van der Waals surface area contributed by atoms with Crippen molar-refractivity contribution in [3.8, 4) is 0 Å². The second-order valence-corrected chi connectivity index (χ2v) is 14.3. The maximum atomic E-state index is 6.16. The molecule has 0 aliphatic carbocycles. The largest absolute Gasteiger partial charge is 0.514 e. The molecule has 5 nitrogen and oxygen atoms in total. The molecule has 1 fully saturated rings. The van der Waals surface area contributed by atoms with Crippen LogP contribution in [-0.2, 0) is 20.8 Å². The zero-order chi connectivity index (χ0) is 17.5. The summed E-state index contributed by atoms with van der Waals surface area (Å²) in [7, 11) is -1.47. The first-order chi connectivity index (χ1) is 10.4. The second kappa shape index (κ2) is 6.35. The third-order valence-corrected chi connectivity index (χ3v) is 6.46. The number of aromatic nitrogens is 2. The number of rotatable bonds is 6. The van der Waals surface area contributed by atoms with Crippen LogP contribution in [0, 0.1) is 6.92 Å². The van der Waals surface area contributed by atoms with Crippen molar-refractivity contribution in [2.24, 2.45) is 0 Å². The fraction of sp³-hybridized carbons (Fsp3) is 0.812. The molecule has 0 amide bonds. The highest BCUT2D eigenvalue weighted by Gasteiger charge is 2.53. The lowest BCUT2D eigenvalue weighted by molar-refractivity contribution is 0.00578. The van der Waals surface area contributed by atoms with Gasteiger partial charge in [-0.2, -0.15) is 5.10 Å². The van der Waals surface area contributed by atoms with Crippen molar-refractivity contribution >= 4 is 20.8 Å². The Hall–Kier alpha value is -0.628. The first-order valence-electron chi connectivity index (χ1n) is 8.39. The average Bonchev–Trinajstić information content (AvgIpc) is 2.82. The predicted molar refractivity (Wildman–Crippen MR) is 96.8 cm³/mol. The molecule has 130 valence electrons. The summed E-state index contributed by atoms with van der Waals surface area (Å²) in [6.07, 6.45) is 1.85. The summed E-state index contributed by atoms with van der Waals surface area (Å²) >= 11 is 0. The van der Waals surface area contributed by atoms with Crippen molar-refractivity contribution in [2.45, 2.75) is 78.2 Å². The summed E-state index contributed by atoms with van der Waals surface area (Å²) in [5, 5.41) is 4.43. The van der Waals surface area contributed by atoms with E-state index in [1.165, 1.54) is 0 Å². The van der Waals surface area contributed by atoms with Crippen LogP contribution in [0.15, 0.2) is 6.20 Å². The van der Waals surface area contributed by atoms with E-state index in [1.54, 1.807) is 0 Å². The minimum Gasteiger partial charge on any atom is -0.398 e. The fourth-order valence-electron chi connectivity index (χ4n) is 2.38. The number of nitrogens with zero attached hydrogens (tertiary/aromatic N) is 2. The lowest BCUT2D eigenvalue weighted by atomic mass is 9.82.